The molecule has 0 unspecified atom stereocenters. The van der Waals surface area contributed by atoms with E-state index in [0.29, 0.717) is 18.0 Å². The molecule has 0 bridgehead atoms. The van der Waals surface area contributed by atoms with E-state index >= 15 is 0 Å². The molecule has 1 amide bonds. The second kappa shape index (κ2) is 12.1. The highest BCUT2D eigenvalue weighted by Gasteiger charge is 2.28. The van der Waals surface area contributed by atoms with E-state index in [9.17, 15) is 9.59 Å². The van der Waals surface area contributed by atoms with E-state index < -0.39 is 0 Å². The van der Waals surface area contributed by atoms with Crippen molar-refractivity contribution in [2.75, 3.05) is 18.6 Å². The zero-order valence-corrected chi connectivity index (χ0v) is 21.6. The summed E-state index contributed by atoms with van der Waals surface area (Å²) in [5.74, 6) is 6.14. The minimum Gasteiger partial charge on any atom is -0.465 e. The van der Waals surface area contributed by atoms with Gasteiger partial charge in [0.1, 0.15) is 0 Å². The second-order valence-electron chi connectivity index (χ2n) is 10.2. The molecule has 5 heteroatoms. The molecule has 0 atom stereocenters. The van der Waals surface area contributed by atoms with Crippen molar-refractivity contribution in [2.45, 2.75) is 98.6 Å². The third-order valence-corrected chi connectivity index (χ3v) is 6.45. The summed E-state index contributed by atoms with van der Waals surface area (Å²) in [7, 11) is 1.42. The van der Waals surface area contributed by atoms with Crippen LogP contribution in [0.3, 0.4) is 0 Å². The maximum atomic E-state index is 12.4. The lowest BCUT2D eigenvalue weighted by atomic mass is 9.88. The first-order valence-corrected chi connectivity index (χ1v) is 12.4. The normalized spacial score (nSPS) is 18.2. The maximum Gasteiger partial charge on any atom is 0.338 e. The molecule has 0 aliphatic heterocycles. The summed E-state index contributed by atoms with van der Waals surface area (Å²) in [6.45, 7) is 13.5. The molecule has 2 rings (SSSR count). The zero-order valence-electron chi connectivity index (χ0n) is 21.6. The lowest BCUT2D eigenvalue weighted by Crippen LogP contribution is -2.44. The molecule has 1 aromatic rings. The summed E-state index contributed by atoms with van der Waals surface area (Å²) in [6, 6.07) is 4.57. The van der Waals surface area contributed by atoms with Gasteiger partial charge < -0.3 is 15.0 Å². The first-order chi connectivity index (χ1) is 15.6. The number of ether oxygens (including phenoxy) is 1. The summed E-state index contributed by atoms with van der Waals surface area (Å²) < 4.78 is 5.04. The van der Waals surface area contributed by atoms with Crippen molar-refractivity contribution in [1.82, 2.24) is 5.32 Å². The van der Waals surface area contributed by atoms with E-state index in [1.165, 1.54) is 7.11 Å². The monoisotopic (exact) mass is 454 g/mol. The highest BCUT2D eigenvalue weighted by Crippen LogP contribution is 2.32. The van der Waals surface area contributed by atoms with Crippen LogP contribution in [-0.2, 0) is 9.53 Å². The number of hydrogen-bond donors (Lipinski definition) is 1. The fraction of sp³-hybridized carbons (Fsp3) is 0.643. The number of rotatable bonds is 7. The minimum atomic E-state index is -0.327. The Bertz CT molecular complexity index is 881. The Morgan fingerprint density at radius 1 is 1.15 bits per heavy atom. The predicted molar refractivity (Wildman–Crippen MR) is 136 cm³/mol. The molecular formula is C28H42N2O3. The molecule has 1 saturated carbocycles. The van der Waals surface area contributed by atoms with Gasteiger partial charge in [0.2, 0.25) is 5.91 Å². The lowest BCUT2D eigenvalue weighted by Gasteiger charge is -2.39. The quantitative estimate of drug-likeness (QED) is 0.429. The lowest BCUT2D eigenvalue weighted by molar-refractivity contribution is -0.122. The van der Waals surface area contributed by atoms with Gasteiger partial charge in [-0.15, -0.1) is 0 Å². The largest absolute Gasteiger partial charge is 0.465 e. The van der Waals surface area contributed by atoms with Gasteiger partial charge >= 0.3 is 5.97 Å². The average Bonchev–Trinajstić information content (AvgIpc) is 2.78. The van der Waals surface area contributed by atoms with Gasteiger partial charge in [0.15, 0.2) is 0 Å². The van der Waals surface area contributed by atoms with Crippen molar-refractivity contribution in [3.8, 4) is 11.8 Å². The Balaban J connectivity index is 2.14. The van der Waals surface area contributed by atoms with E-state index in [0.717, 1.165) is 61.9 Å². The number of anilines is 1. The molecular weight excluding hydrogens is 412 g/mol. The van der Waals surface area contributed by atoms with Crippen LogP contribution in [0, 0.1) is 24.2 Å². The number of carbonyl (C=O) groups excluding carboxylic acids is 2. The maximum absolute atomic E-state index is 12.4. The molecule has 0 saturated heterocycles. The minimum absolute atomic E-state index is 0.168. The van der Waals surface area contributed by atoms with Crippen LogP contribution in [0.5, 0.6) is 0 Å². The van der Waals surface area contributed by atoms with Crippen LogP contribution in [0.1, 0.15) is 101 Å². The van der Waals surface area contributed by atoms with Gasteiger partial charge in [0, 0.05) is 42.7 Å². The molecule has 1 aliphatic rings. The van der Waals surface area contributed by atoms with Gasteiger partial charge in [-0.3, -0.25) is 4.79 Å². The van der Waals surface area contributed by atoms with Crippen LogP contribution in [0.25, 0.3) is 0 Å². The van der Waals surface area contributed by atoms with E-state index in [1.807, 2.05) is 19.9 Å². The highest BCUT2D eigenvalue weighted by atomic mass is 16.5. The van der Waals surface area contributed by atoms with Crippen molar-refractivity contribution >= 4 is 17.6 Å². The third kappa shape index (κ3) is 7.81. The standard InChI is InChI=1S/C28H42N2O3/c1-8-10-11-21-18-24(27(32)33-7)20(3)25(19-21)30(9-2)23-14-12-22(13-15-23)29-26(31)16-17-28(4,5)6/h18-19,22-23H,8-9,12-17H2,1-7H3,(H,29,31). The third-order valence-electron chi connectivity index (χ3n) is 6.45. The number of methoxy groups -OCH3 is 1. The van der Waals surface area contributed by atoms with Crippen LogP contribution >= 0.6 is 0 Å². The Morgan fingerprint density at radius 2 is 1.82 bits per heavy atom. The molecule has 182 valence electrons. The fourth-order valence-corrected chi connectivity index (χ4v) is 4.53. The smallest absolute Gasteiger partial charge is 0.338 e. The molecule has 1 N–H and O–H groups in total. The van der Waals surface area contributed by atoms with Crippen molar-refractivity contribution in [1.29, 1.82) is 0 Å². The van der Waals surface area contributed by atoms with Crippen molar-refractivity contribution < 1.29 is 14.3 Å². The molecule has 0 aromatic heterocycles. The molecule has 0 radical (unpaired) electrons. The van der Waals surface area contributed by atoms with Gasteiger partial charge in [0.05, 0.1) is 12.7 Å². The number of nitrogens with zero attached hydrogens (tertiary/aromatic N) is 1. The van der Waals surface area contributed by atoms with Crippen molar-refractivity contribution in [2.24, 2.45) is 5.41 Å². The summed E-state index contributed by atoms with van der Waals surface area (Å²) in [5, 5.41) is 3.25. The Labute approximate surface area is 200 Å². The van der Waals surface area contributed by atoms with E-state index in [2.05, 4.69) is 55.8 Å². The van der Waals surface area contributed by atoms with Gasteiger partial charge in [-0.1, -0.05) is 39.5 Å². The van der Waals surface area contributed by atoms with E-state index in [-0.39, 0.29) is 23.3 Å². The van der Waals surface area contributed by atoms with E-state index in [1.54, 1.807) is 0 Å². The number of nitrogens with one attached hydrogen (secondary N) is 1. The van der Waals surface area contributed by atoms with Gasteiger partial charge in [-0.05, 0) is 69.1 Å². The Morgan fingerprint density at radius 3 is 2.36 bits per heavy atom. The summed E-state index contributed by atoms with van der Waals surface area (Å²) in [4.78, 5) is 27.2. The number of benzene rings is 1. The molecule has 0 spiro atoms. The second-order valence-corrected chi connectivity index (χ2v) is 10.2. The summed E-state index contributed by atoms with van der Waals surface area (Å²) in [5.41, 5.74) is 3.58. The van der Waals surface area contributed by atoms with Crippen LogP contribution < -0.4 is 10.2 Å². The molecule has 1 aromatic carbocycles. The van der Waals surface area contributed by atoms with Crippen LogP contribution in [-0.4, -0.2) is 37.6 Å². The van der Waals surface area contributed by atoms with Crippen LogP contribution in [0.15, 0.2) is 12.1 Å². The van der Waals surface area contributed by atoms with E-state index in [4.69, 9.17) is 4.74 Å². The van der Waals surface area contributed by atoms with Gasteiger partial charge in [0.25, 0.3) is 0 Å². The first kappa shape index (κ1) is 26.8. The molecule has 33 heavy (non-hydrogen) atoms. The number of amides is 1. The van der Waals surface area contributed by atoms with Crippen LogP contribution in [0.4, 0.5) is 5.69 Å². The molecule has 0 heterocycles. The SMILES string of the molecule is CCC#Cc1cc(C(=O)OC)c(C)c(N(CC)C2CCC(NC(=O)CCC(C)(C)C)CC2)c1. The van der Waals surface area contributed by atoms with Crippen molar-refractivity contribution in [3.63, 3.8) is 0 Å². The van der Waals surface area contributed by atoms with Gasteiger partial charge in [-0.2, -0.15) is 0 Å². The summed E-state index contributed by atoms with van der Waals surface area (Å²) >= 11 is 0. The average molecular weight is 455 g/mol. The highest BCUT2D eigenvalue weighted by molar-refractivity contribution is 5.93. The fourth-order valence-electron chi connectivity index (χ4n) is 4.53. The van der Waals surface area contributed by atoms with Gasteiger partial charge in [-0.25, -0.2) is 4.79 Å². The zero-order chi connectivity index (χ0) is 24.6. The predicted octanol–water partition coefficient (Wildman–Crippen LogP) is 5.62. The summed E-state index contributed by atoms with van der Waals surface area (Å²) in [6.07, 6.45) is 6.22. The Kier molecular flexibility index (Phi) is 9.83. The topological polar surface area (TPSA) is 58.6 Å². The molecule has 5 nitrogen and oxygen atoms in total. The number of hydrogen-bond acceptors (Lipinski definition) is 4. The number of esters is 1. The number of carbonyl (C=O) groups is 2. The van der Waals surface area contributed by atoms with Crippen LogP contribution in [0.2, 0.25) is 0 Å². The molecule has 1 fully saturated rings. The molecule has 1 aliphatic carbocycles. The first-order valence-electron chi connectivity index (χ1n) is 12.4. The Hall–Kier alpha value is -2.48. The van der Waals surface area contributed by atoms with Crippen molar-refractivity contribution in [3.05, 3.63) is 28.8 Å².